The molecule has 0 bridgehead atoms. The van der Waals surface area contributed by atoms with Gasteiger partial charge in [0.25, 0.3) is 11.8 Å². The van der Waals surface area contributed by atoms with Gasteiger partial charge in [0.05, 0.1) is 23.4 Å². The number of para-hydroxylation sites is 2. The number of benzene rings is 4. The Labute approximate surface area is 330 Å². The maximum atomic E-state index is 13.6. The van der Waals surface area contributed by atoms with Gasteiger partial charge < -0.3 is 29.2 Å². The predicted molar refractivity (Wildman–Crippen MR) is 220 cm³/mol. The zero-order chi connectivity index (χ0) is 39.8. The quantitative estimate of drug-likeness (QED) is 0.0916. The average Bonchev–Trinajstić information content (AvgIpc) is 3.92. The van der Waals surface area contributed by atoms with Crippen LogP contribution in [0.5, 0.6) is 0 Å². The molecule has 57 heavy (non-hydrogen) atoms. The van der Waals surface area contributed by atoms with Crippen molar-refractivity contribution >= 4 is 56.8 Å². The van der Waals surface area contributed by atoms with Crippen molar-refractivity contribution in [1.29, 1.82) is 0 Å². The first-order valence-corrected chi connectivity index (χ1v) is 19.2. The van der Waals surface area contributed by atoms with E-state index in [2.05, 4.69) is 40.2 Å². The van der Waals surface area contributed by atoms with Crippen LogP contribution in [0.25, 0.3) is 44.1 Å². The Bertz CT molecular complexity index is 2550. The van der Waals surface area contributed by atoms with Gasteiger partial charge in [-0.2, -0.15) is 0 Å². The second kappa shape index (κ2) is 15.2. The molecule has 1 aliphatic carbocycles. The van der Waals surface area contributed by atoms with Crippen LogP contribution in [0.15, 0.2) is 109 Å². The molecule has 0 saturated heterocycles. The van der Waals surface area contributed by atoms with Gasteiger partial charge in [-0.25, -0.2) is 4.79 Å². The molecule has 11 heteroatoms. The van der Waals surface area contributed by atoms with E-state index in [1.165, 1.54) is 0 Å². The zero-order valence-electron chi connectivity index (χ0n) is 32.4. The van der Waals surface area contributed by atoms with E-state index in [0.717, 1.165) is 44.1 Å². The molecule has 0 spiro atoms. The van der Waals surface area contributed by atoms with E-state index in [1.807, 2.05) is 122 Å². The average molecular weight is 764 g/mol. The normalized spacial score (nSPS) is 14.5. The lowest BCUT2D eigenvalue weighted by atomic mass is 9.95. The maximum absolute atomic E-state index is 13.6. The van der Waals surface area contributed by atoms with Crippen LogP contribution >= 0.6 is 0 Å². The summed E-state index contributed by atoms with van der Waals surface area (Å²) in [6, 6.07) is 30.8. The van der Waals surface area contributed by atoms with Crippen molar-refractivity contribution in [3.63, 3.8) is 0 Å². The molecule has 2 aliphatic rings. The van der Waals surface area contributed by atoms with E-state index in [9.17, 15) is 19.2 Å². The summed E-state index contributed by atoms with van der Waals surface area (Å²) < 4.78 is 15.7. The Morgan fingerprint density at radius 1 is 0.754 bits per heavy atom. The number of amides is 4. The molecule has 6 aromatic rings. The van der Waals surface area contributed by atoms with Gasteiger partial charge in [-0.05, 0) is 61.6 Å². The van der Waals surface area contributed by atoms with Crippen molar-refractivity contribution < 1.29 is 28.7 Å². The van der Waals surface area contributed by atoms with Gasteiger partial charge in [0.15, 0.2) is 0 Å². The number of aromatic nitrogens is 2. The number of alkyl carbamates (subject to hydrolysis) is 1. The highest BCUT2D eigenvalue weighted by Gasteiger charge is 2.35. The molecule has 4 aromatic carbocycles. The molecule has 0 fully saturated rings. The minimum atomic E-state index is -0.989. The lowest BCUT2D eigenvalue weighted by Crippen LogP contribution is -2.50. The number of hydrogen-bond donors (Lipinski definition) is 3. The zero-order valence-corrected chi connectivity index (χ0v) is 32.4. The Morgan fingerprint density at radius 3 is 1.96 bits per heavy atom. The monoisotopic (exact) mass is 763 g/mol. The minimum Gasteiger partial charge on any atom is -0.449 e. The molecule has 8 rings (SSSR count). The summed E-state index contributed by atoms with van der Waals surface area (Å²) in [7, 11) is 1.92. The number of ether oxygens (including phenoxy) is 2. The standard InChI is InChI=1S/C46H45N5O6/c1-46(2,3)57-27-37(48-45(55)56-26-36-30-16-7-5-14-28(30)29-15-6-8-17-31(29)36)42(52)47-22-13-23-51-25-35(33-19-10-12-21-39(33)51)41-40(43(53)49-44(41)54)34-24-50(4)38-20-11-9-18-32(34)38/h5-12,14-21,24-25,36-37H,13,22-23,26-27H2,1-4H3,(H,47,52)(H,48,55)(H,49,53,54)/t37-/m0/s1. The maximum Gasteiger partial charge on any atom is 0.407 e. The number of hydrogen-bond acceptors (Lipinski definition) is 6. The number of carbonyl (C=O) groups excluding carboxylic acids is 4. The third-order valence-electron chi connectivity index (χ3n) is 10.7. The molecule has 290 valence electrons. The molecule has 1 aliphatic heterocycles. The number of nitrogens with one attached hydrogen (secondary N) is 3. The largest absolute Gasteiger partial charge is 0.449 e. The predicted octanol–water partition coefficient (Wildman–Crippen LogP) is 6.93. The lowest BCUT2D eigenvalue weighted by Gasteiger charge is -2.25. The van der Waals surface area contributed by atoms with Crippen molar-refractivity contribution in [2.45, 2.75) is 51.3 Å². The lowest BCUT2D eigenvalue weighted by molar-refractivity contribution is -0.126. The topological polar surface area (TPSA) is 133 Å². The second-order valence-electron chi connectivity index (χ2n) is 15.5. The number of nitrogens with zero attached hydrogens (tertiary/aromatic N) is 2. The summed E-state index contributed by atoms with van der Waals surface area (Å²) >= 11 is 0. The summed E-state index contributed by atoms with van der Waals surface area (Å²) in [5, 5.41) is 9.96. The number of fused-ring (bicyclic) bond motifs is 5. The number of aryl methyl sites for hydroxylation is 2. The molecular weight excluding hydrogens is 719 g/mol. The highest BCUT2D eigenvalue weighted by Crippen LogP contribution is 2.44. The minimum absolute atomic E-state index is 0.0416. The molecule has 0 radical (unpaired) electrons. The van der Waals surface area contributed by atoms with E-state index in [1.54, 1.807) is 0 Å². The molecule has 0 saturated carbocycles. The molecular formula is C46H45N5O6. The summed E-state index contributed by atoms with van der Waals surface area (Å²) in [6.45, 7) is 6.56. The van der Waals surface area contributed by atoms with Crippen molar-refractivity contribution in [3.05, 3.63) is 132 Å². The number of rotatable bonds is 12. The molecule has 0 unspecified atom stereocenters. The van der Waals surface area contributed by atoms with Crippen molar-refractivity contribution in [3.8, 4) is 11.1 Å². The van der Waals surface area contributed by atoms with Crippen LogP contribution in [0.3, 0.4) is 0 Å². The van der Waals surface area contributed by atoms with Gasteiger partial charge >= 0.3 is 6.09 Å². The highest BCUT2D eigenvalue weighted by molar-refractivity contribution is 6.50. The first-order valence-electron chi connectivity index (χ1n) is 19.2. The first kappa shape index (κ1) is 37.5. The molecule has 1 atom stereocenters. The molecule has 11 nitrogen and oxygen atoms in total. The van der Waals surface area contributed by atoms with Crippen LogP contribution in [0.4, 0.5) is 4.79 Å². The molecule has 3 heterocycles. The Morgan fingerprint density at radius 2 is 1.32 bits per heavy atom. The van der Waals surface area contributed by atoms with E-state index in [-0.39, 0.29) is 19.1 Å². The van der Waals surface area contributed by atoms with Gasteiger partial charge in [-0.1, -0.05) is 84.9 Å². The van der Waals surface area contributed by atoms with Crippen LogP contribution < -0.4 is 16.0 Å². The van der Waals surface area contributed by atoms with Crippen LogP contribution in [0, 0.1) is 0 Å². The van der Waals surface area contributed by atoms with E-state index in [0.29, 0.717) is 41.8 Å². The molecule has 4 amide bonds. The van der Waals surface area contributed by atoms with Crippen molar-refractivity contribution in [2.24, 2.45) is 7.05 Å². The van der Waals surface area contributed by atoms with Gasteiger partial charge in [-0.3, -0.25) is 19.7 Å². The fraction of sp³-hybridized carbons (Fsp3) is 0.261. The van der Waals surface area contributed by atoms with Crippen LogP contribution in [0.2, 0.25) is 0 Å². The number of carbonyl (C=O) groups is 4. The summed E-state index contributed by atoms with van der Waals surface area (Å²) in [6.07, 6.45) is 3.64. The van der Waals surface area contributed by atoms with Crippen LogP contribution in [-0.4, -0.2) is 64.4 Å². The Balaban J connectivity index is 0.953. The second-order valence-corrected chi connectivity index (χ2v) is 15.5. The van der Waals surface area contributed by atoms with Gasteiger partial charge in [0.1, 0.15) is 12.6 Å². The highest BCUT2D eigenvalue weighted by atomic mass is 16.5. The Hall–Kier alpha value is -6.46. The van der Waals surface area contributed by atoms with E-state index in [4.69, 9.17) is 9.47 Å². The van der Waals surface area contributed by atoms with Crippen LogP contribution in [-0.2, 0) is 37.4 Å². The van der Waals surface area contributed by atoms with E-state index < -0.39 is 35.5 Å². The number of imide groups is 1. The molecule has 3 N–H and O–H groups in total. The van der Waals surface area contributed by atoms with Crippen molar-refractivity contribution in [2.75, 3.05) is 19.8 Å². The van der Waals surface area contributed by atoms with Gasteiger partial charge in [-0.15, -0.1) is 0 Å². The van der Waals surface area contributed by atoms with Crippen LogP contribution in [0.1, 0.15) is 55.4 Å². The third kappa shape index (κ3) is 7.34. The summed E-state index contributed by atoms with van der Waals surface area (Å²) in [5.74, 6) is -1.37. The Kier molecular flexibility index (Phi) is 10.0. The summed E-state index contributed by atoms with van der Waals surface area (Å²) in [5.41, 5.74) is 7.80. The van der Waals surface area contributed by atoms with Crippen molar-refractivity contribution in [1.82, 2.24) is 25.1 Å². The first-order chi connectivity index (χ1) is 27.5. The SMILES string of the molecule is Cn1cc(C2=C(c3cn(CCCNC(=O)[C@H](COC(C)(C)C)NC(=O)OCC4c5ccccc5-c5ccccc54)c4ccccc34)C(=O)NC2=O)c2ccccc21. The van der Waals surface area contributed by atoms with E-state index >= 15 is 0 Å². The van der Waals surface area contributed by atoms with Gasteiger partial charge in [0.2, 0.25) is 5.91 Å². The fourth-order valence-corrected chi connectivity index (χ4v) is 8.02. The third-order valence-corrected chi connectivity index (χ3v) is 10.7. The van der Waals surface area contributed by atoms with Gasteiger partial charge in [0, 0.05) is 71.4 Å². The fourth-order valence-electron chi connectivity index (χ4n) is 8.02. The smallest absolute Gasteiger partial charge is 0.407 e. The summed E-state index contributed by atoms with van der Waals surface area (Å²) in [4.78, 5) is 53.6. The molecule has 2 aromatic heterocycles.